The molecule has 0 amide bonds. The predicted octanol–water partition coefficient (Wildman–Crippen LogP) is 2.37. The van der Waals surface area contributed by atoms with Gasteiger partial charge in [0, 0.05) is 24.1 Å². The third-order valence-electron chi connectivity index (χ3n) is 2.46. The fourth-order valence-corrected chi connectivity index (χ4v) is 1.81. The Morgan fingerprint density at radius 3 is 2.88 bits per heavy atom. The second-order valence-corrected chi connectivity index (χ2v) is 4.88. The predicted molar refractivity (Wildman–Crippen MR) is 75.7 cm³/mol. The summed E-state index contributed by atoms with van der Waals surface area (Å²) in [7, 11) is 2.11. The number of ether oxygens (including phenoxy) is 1. The van der Waals surface area contributed by atoms with Crippen molar-refractivity contribution in [1.82, 2.24) is 10.2 Å². The lowest BCUT2D eigenvalue weighted by Gasteiger charge is -2.17. The van der Waals surface area contributed by atoms with E-state index in [1.807, 2.05) is 24.3 Å². The van der Waals surface area contributed by atoms with Gasteiger partial charge in [-0.2, -0.15) is 0 Å². The highest BCUT2D eigenvalue weighted by molar-refractivity contribution is 9.10. The first kappa shape index (κ1) is 14.5. The number of nitrogens with zero attached hydrogens (tertiary/aromatic N) is 1. The van der Waals surface area contributed by atoms with Crippen LogP contribution >= 0.6 is 15.9 Å². The van der Waals surface area contributed by atoms with Crippen LogP contribution in [0.1, 0.15) is 6.92 Å². The van der Waals surface area contributed by atoms with Crippen LogP contribution in [0.3, 0.4) is 0 Å². The van der Waals surface area contributed by atoms with Crippen LogP contribution in [0.4, 0.5) is 0 Å². The molecule has 0 aromatic heterocycles. The highest BCUT2D eigenvalue weighted by Crippen LogP contribution is 2.17. The van der Waals surface area contributed by atoms with Crippen molar-refractivity contribution in [1.29, 1.82) is 0 Å². The van der Waals surface area contributed by atoms with Gasteiger partial charge in [-0.25, -0.2) is 0 Å². The fraction of sp³-hybridized carbons (Fsp3) is 0.538. The first-order chi connectivity index (χ1) is 8.22. The zero-order valence-electron chi connectivity index (χ0n) is 10.6. The third-order valence-corrected chi connectivity index (χ3v) is 2.95. The van der Waals surface area contributed by atoms with Crippen molar-refractivity contribution >= 4 is 15.9 Å². The number of likely N-dealkylation sites (N-methyl/N-ethyl adjacent to an activating group) is 2. The lowest BCUT2D eigenvalue weighted by atomic mass is 10.3. The van der Waals surface area contributed by atoms with E-state index < -0.39 is 0 Å². The van der Waals surface area contributed by atoms with Gasteiger partial charge in [-0.3, -0.25) is 0 Å². The van der Waals surface area contributed by atoms with Crippen molar-refractivity contribution < 1.29 is 4.74 Å². The Morgan fingerprint density at radius 2 is 2.18 bits per heavy atom. The van der Waals surface area contributed by atoms with Crippen molar-refractivity contribution in [2.24, 2.45) is 0 Å². The summed E-state index contributed by atoms with van der Waals surface area (Å²) in [6.07, 6.45) is 0. The second kappa shape index (κ2) is 8.50. The van der Waals surface area contributed by atoms with Crippen molar-refractivity contribution in [2.75, 3.05) is 39.8 Å². The minimum absolute atomic E-state index is 0.721. The van der Waals surface area contributed by atoms with Gasteiger partial charge in [0.15, 0.2) is 0 Å². The van der Waals surface area contributed by atoms with E-state index in [4.69, 9.17) is 4.74 Å². The average molecular weight is 301 g/mol. The standard InChI is InChI=1S/C13H21BrN2O/c1-3-15-7-8-16(2)9-10-17-13-6-4-5-12(14)11-13/h4-6,11,15H,3,7-10H2,1-2H3. The normalized spacial score (nSPS) is 10.8. The molecule has 0 spiro atoms. The lowest BCUT2D eigenvalue weighted by molar-refractivity contribution is 0.237. The van der Waals surface area contributed by atoms with Crippen LogP contribution in [0.5, 0.6) is 5.75 Å². The van der Waals surface area contributed by atoms with Gasteiger partial charge in [-0.05, 0) is 31.8 Å². The molecular weight excluding hydrogens is 280 g/mol. The molecule has 0 aliphatic heterocycles. The average Bonchev–Trinajstić information content (AvgIpc) is 2.29. The molecule has 17 heavy (non-hydrogen) atoms. The first-order valence-electron chi connectivity index (χ1n) is 6.00. The molecule has 0 aliphatic carbocycles. The maximum absolute atomic E-state index is 5.67. The zero-order valence-corrected chi connectivity index (χ0v) is 12.2. The van der Waals surface area contributed by atoms with Gasteiger partial charge in [-0.1, -0.05) is 28.9 Å². The van der Waals surface area contributed by atoms with E-state index in [9.17, 15) is 0 Å². The summed E-state index contributed by atoms with van der Waals surface area (Å²) in [5, 5.41) is 3.31. The Bertz CT molecular complexity index is 320. The summed E-state index contributed by atoms with van der Waals surface area (Å²) in [5.74, 6) is 0.916. The molecule has 3 nitrogen and oxygen atoms in total. The Hall–Kier alpha value is -0.580. The van der Waals surface area contributed by atoms with Crippen LogP contribution in [0.2, 0.25) is 0 Å². The minimum atomic E-state index is 0.721. The maximum Gasteiger partial charge on any atom is 0.120 e. The molecule has 0 bridgehead atoms. The molecule has 1 rings (SSSR count). The molecule has 0 aliphatic rings. The molecule has 0 unspecified atom stereocenters. The summed E-state index contributed by atoms with van der Waals surface area (Å²) in [4.78, 5) is 2.26. The molecule has 0 saturated carbocycles. The summed E-state index contributed by atoms with van der Waals surface area (Å²) < 4.78 is 6.72. The first-order valence-corrected chi connectivity index (χ1v) is 6.79. The van der Waals surface area contributed by atoms with Crippen LogP contribution in [0, 0.1) is 0 Å². The summed E-state index contributed by atoms with van der Waals surface area (Å²) in [6.45, 7) is 6.90. The van der Waals surface area contributed by atoms with Gasteiger partial charge in [0.25, 0.3) is 0 Å². The third kappa shape index (κ3) is 6.66. The Balaban J connectivity index is 2.14. The second-order valence-electron chi connectivity index (χ2n) is 3.96. The molecule has 0 fully saturated rings. The van der Waals surface area contributed by atoms with Crippen LogP contribution < -0.4 is 10.1 Å². The smallest absolute Gasteiger partial charge is 0.120 e. The number of benzene rings is 1. The van der Waals surface area contributed by atoms with E-state index in [-0.39, 0.29) is 0 Å². The van der Waals surface area contributed by atoms with Crippen LogP contribution in [-0.4, -0.2) is 44.7 Å². The number of hydrogen-bond donors (Lipinski definition) is 1. The number of nitrogens with one attached hydrogen (secondary N) is 1. The molecule has 1 aromatic carbocycles. The largest absolute Gasteiger partial charge is 0.492 e. The van der Waals surface area contributed by atoms with Gasteiger partial charge < -0.3 is 15.0 Å². The van der Waals surface area contributed by atoms with Gasteiger partial charge in [0.1, 0.15) is 12.4 Å². The van der Waals surface area contributed by atoms with Crippen molar-refractivity contribution in [3.63, 3.8) is 0 Å². The Labute approximate surface area is 112 Å². The van der Waals surface area contributed by atoms with E-state index in [2.05, 4.69) is 40.1 Å². The highest BCUT2D eigenvalue weighted by atomic mass is 79.9. The zero-order chi connectivity index (χ0) is 12.5. The highest BCUT2D eigenvalue weighted by Gasteiger charge is 1.99. The monoisotopic (exact) mass is 300 g/mol. The number of hydrogen-bond acceptors (Lipinski definition) is 3. The van der Waals surface area contributed by atoms with E-state index >= 15 is 0 Å². The van der Waals surface area contributed by atoms with E-state index in [1.165, 1.54) is 0 Å². The molecule has 0 atom stereocenters. The van der Waals surface area contributed by atoms with E-state index in [1.54, 1.807) is 0 Å². The summed E-state index contributed by atoms with van der Waals surface area (Å²) in [6, 6.07) is 7.94. The van der Waals surface area contributed by atoms with Gasteiger partial charge in [-0.15, -0.1) is 0 Å². The molecular formula is C13H21BrN2O. The van der Waals surface area contributed by atoms with Crippen molar-refractivity contribution in [2.45, 2.75) is 6.92 Å². The fourth-order valence-electron chi connectivity index (χ4n) is 1.43. The topological polar surface area (TPSA) is 24.5 Å². The molecule has 1 aromatic rings. The van der Waals surface area contributed by atoms with E-state index in [0.717, 1.165) is 43.0 Å². The molecule has 0 heterocycles. The van der Waals surface area contributed by atoms with Crippen LogP contribution in [-0.2, 0) is 0 Å². The Kier molecular flexibility index (Phi) is 7.24. The quantitative estimate of drug-likeness (QED) is 0.746. The van der Waals surface area contributed by atoms with Crippen LogP contribution in [0.15, 0.2) is 28.7 Å². The summed E-state index contributed by atoms with van der Waals surface area (Å²) in [5.41, 5.74) is 0. The lowest BCUT2D eigenvalue weighted by Crippen LogP contribution is -2.31. The van der Waals surface area contributed by atoms with Crippen LogP contribution in [0.25, 0.3) is 0 Å². The van der Waals surface area contributed by atoms with Gasteiger partial charge >= 0.3 is 0 Å². The number of rotatable bonds is 8. The molecule has 1 N–H and O–H groups in total. The molecule has 96 valence electrons. The van der Waals surface area contributed by atoms with Gasteiger partial charge in [0.05, 0.1) is 0 Å². The maximum atomic E-state index is 5.67. The number of halogens is 1. The SMILES string of the molecule is CCNCCN(C)CCOc1cccc(Br)c1. The van der Waals surface area contributed by atoms with Gasteiger partial charge in [0.2, 0.25) is 0 Å². The molecule has 0 radical (unpaired) electrons. The molecule has 4 heteroatoms. The minimum Gasteiger partial charge on any atom is -0.492 e. The summed E-state index contributed by atoms with van der Waals surface area (Å²) >= 11 is 3.43. The van der Waals surface area contributed by atoms with Crippen molar-refractivity contribution in [3.8, 4) is 5.75 Å². The Morgan fingerprint density at radius 1 is 1.35 bits per heavy atom. The van der Waals surface area contributed by atoms with Crippen molar-refractivity contribution in [3.05, 3.63) is 28.7 Å². The van der Waals surface area contributed by atoms with E-state index in [0.29, 0.717) is 0 Å². The molecule has 0 saturated heterocycles.